The number of carbonyl (C=O) groups is 1. The van der Waals surface area contributed by atoms with E-state index >= 15 is 0 Å². The van der Waals surface area contributed by atoms with Crippen LogP contribution in [0.3, 0.4) is 0 Å². The van der Waals surface area contributed by atoms with Gasteiger partial charge in [0.25, 0.3) is 5.91 Å². The highest BCUT2D eigenvalue weighted by Gasteiger charge is 2.39. The highest BCUT2D eigenvalue weighted by molar-refractivity contribution is 5.96. The van der Waals surface area contributed by atoms with Crippen molar-refractivity contribution < 1.29 is 4.79 Å². The summed E-state index contributed by atoms with van der Waals surface area (Å²) in [5, 5.41) is 7.65. The van der Waals surface area contributed by atoms with Gasteiger partial charge in [-0.25, -0.2) is 4.98 Å². The second-order valence-electron chi connectivity index (χ2n) is 5.50. The first kappa shape index (κ1) is 11.0. The molecule has 3 N–H and O–H groups in total. The smallest absolute Gasteiger partial charge is 0.270 e. The molecule has 0 aliphatic carbocycles. The number of carbonyl (C=O) groups excluding carboxylic acids is 1. The van der Waals surface area contributed by atoms with Gasteiger partial charge in [0.15, 0.2) is 0 Å². The summed E-state index contributed by atoms with van der Waals surface area (Å²) in [6.07, 6.45) is 7.02. The molecule has 2 aromatic rings. The lowest BCUT2D eigenvalue weighted by atomic mass is 9.95. The van der Waals surface area contributed by atoms with E-state index < -0.39 is 0 Å². The third-order valence-electron chi connectivity index (χ3n) is 4.29. The zero-order chi connectivity index (χ0) is 12.8. The van der Waals surface area contributed by atoms with Crippen molar-refractivity contribution in [2.45, 2.75) is 37.4 Å². The third-order valence-corrected chi connectivity index (χ3v) is 4.29. The standard InChI is InChI=1S/C14H16N4O/c19-14(18-11-6-9-1-2-10(11)17-9)12-5-8-3-4-15-13(8)7-16-12/h3-5,7,9-11,15,17H,1-2,6H2,(H,18,19)/t9-,10+,11-/m1/s1. The van der Waals surface area contributed by atoms with Crippen LogP contribution < -0.4 is 10.6 Å². The molecule has 2 aliphatic heterocycles. The number of hydrogen-bond donors (Lipinski definition) is 3. The molecule has 1 amide bonds. The van der Waals surface area contributed by atoms with Crippen molar-refractivity contribution in [2.75, 3.05) is 0 Å². The Morgan fingerprint density at radius 2 is 2.37 bits per heavy atom. The van der Waals surface area contributed by atoms with E-state index in [9.17, 15) is 4.79 Å². The molecule has 19 heavy (non-hydrogen) atoms. The molecule has 0 radical (unpaired) electrons. The van der Waals surface area contributed by atoms with Gasteiger partial charge < -0.3 is 15.6 Å². The number of rotatable bonds is 2. The van der Waals surface area contributed by atoms with Crippen LogP contribution in [0.1, 0.15) is 29.8 Å². The van der Waals surface area contributed by atoms with Crippen LogP contribution in [0.25, 0.3) is 10.9 Å². The van der Waals surface area contributed by atoms with Gasteiger partial charge in [0.05, 0.1) is 11.7 Å². The van der Waals surface area contributed by atoms with Gasteiger partial charge in [-0.05, 0) is 31.4 Å². The van der Waals surface area contributed by atoms with E-state index in [1.165, 1.54) is 12.8 Å². The molecule has 2 saturated heterocycles. The molecule has 98 valence electrons. The first-order valence-corrected chi connectivity index (χ1v) is 6.79. The summed E-state index contributed by atoms with van der Waals surface area (Å²) < 4.78 is 0. The molecule has 5 heteroatoms. The molecule has 2 bridgehead atoms. The van der Waals surface area contributed by atoms with Crippen molar-refractivity contribution in [3.8, 4) is 0 Å². The maximum atomic E-state index is 12.2. The van der Waals surface area contributed by atoms with Crippen molar-refractivity contribution in [2.24, 2.45) is 0 Å². The van der Waals surface area contributed by atoms with E-state index in [4.69, 9.17) is 0 Å². The van der Waals surface area contributed by atoms with Crippen LogP contribution in [-0.4, -0.2) is 34.0 Å². The summed E-state index contributed by atoms with van der Waals surface area (Å²) in [6, 6.07) is 5.09. The van der Waals surface area contributed by atoms with Gasteiger partial charge in [0, 0.05) is 29.7 Å². The van der Waals surface area contributed by atoms with Crippen LogP contribution in [0, 0.1) is 0 Å². The Kier molecular flexibility index (Phi) is 2.35. The van der Waals surface area contributed by atoms with Gasteiger partial charge in [0.1, 0.15) is 5.69 Å². The van der Waals surface area contributed by atoms with Crippen LogP contribution in [0.2, 0.25) is 0 Å². The Balaban J connectivity index is 1.53. The number of fused-ring (bicyclic) bond motifs is 3. The molecule has 2 aromatic heterocycles. The number of nitrogens with zero attached hydrogens (tertiary/aromatic N) is 1. The van der Waals surface area contributed by atoms with E-state index in [1.54, 1.807) is 6.20 Å². The Hall–Kier alpha value is -1.88. The molecular formula is C14H16N4O. The van der Waals surface area contributed by atoms with Gasteiger partial charge in [-0.2, -0.15) is 0 Å². The van der Waals surface area contributed by atoms with E-state index in [2.05, 4.69) is 20.6 Å². The largest absolute Gasteiger partial charge is 0.360 e. The lowest BCUT2D eigenvalue weighted by molar-refractivity contribution is 0.0926. The molecule has 0 unspecified atom stereocenters. The predicted molar refractivity (Wildman–Crippen MR) is 71.9 cm³/mol. The lowest BCUT2D eigenvalue weighted by Crippen LogP contribution is -2.43. The fourth-order valence-electron chi connectivity index (χ4n) is 3.30. The van der Waals surface area contributed by atoms with Crippen molar-refractivity contribution in [3.63, 3.8) is 0 Å². The monoisotopic (exact) mass is 256 g/mol. The fourth-order valence-corrected chi connectivity index (χ4v) is 3.30. The Bertz CT molecular complexity index is 635. The Labute approximate surface area is 110 Å². The van der Waals surface area contributed by atoms with E-state index in [-0.39, 0.29) is 11.9 Å². The quantitative estimate of drug-likeness (QED) is 0.756. The molecule has 3 atom stereocenters. The minimum Gasteiger partial charge on any atom is -0.360 e. The number of amides is 1. The van der Waals surface area contributed by atoms with Crippen molar-refractivity contribution >= 4 is 16.8 Å². The number of pyridine rings is 1. The molecule has 2 aliphatic rings. The van der Waals surface area contributed by atoms with Gasteiger partial charge in [-0.15, -0.1) is 0 Å². The molecule has 0 saturated carbocycles. The van der Waals surface area contributed by atoms with Crippen molar-refractivity contribution in [1.29, 1.82) is 0 Å². The number of aromatic amines is 1. The lowest BCUT2D eigenvalue weighted by Gasteiger charge is -2.21. The molecule has 0 spiro atoms. The predicted octanol–water partition coefficient (Wildman–Crippen LogP) is 1.19. The summed E-state index contributed by atoms with van der Waals surface area (Å²) >= 11 is 0. The van der Waals surface area contributed by atoms with Gasteiger partial charge in [-0.3, -0.25) is 4.79 Å². The molecular weight excluding hydrogens is 240 g/mol. The average molecular weight is 256 g/mol. The zero-order valence-electron chi connectivity index (χ0n) is 10.5. The average Bonchev–Trinajstić information content (AvgIpc) is 3.13. The van der Waals surface area contributed by atoms with Crippen LogP contribution >= 0.6 is 0 Å². The summed E-state index contributed by atoms with van der Waals surface area (Å²) in [7, 11) is 0. The van der Waals surface area contributed by atoms with E-state index in [0.717, 1.165) is 17.3 Å². The number of aromatic nitrogens is 2. The van der Waals surface area contributed by atoms with Crippen LogP contribution in [0.5, 0.6) is 0 Å². The molecule has 5 nitrogen and oxygen atoms in total. The first-order chi connectivity index (χ1) is 9.29. The Morgan fingerprint density at radius 1 is 1.42 bits per heavy atom. The molecule has 0 aromatic carbocycles. The zero-order valence-corrected chi connectivity index (χ0v) is 10.5. The maximum absolute atomic E-state index is 12.2. The Morgan fingerprint density at radius 3 is 3.16 bits per heavy atom. The van der Waals surface area contributed by atoms with Crippen LogP contribution in [0.4, 0.5) is 0 Å². The SMILES string of the molecule is O=C(N[C@@H]1C[C@H]2CC[C@@H]1N2)c1cc2cc[nH]c2cn1. The number of H-pyrrole nitrogens is 1. The topological polar surface area (TPSA) is 69.8 Å². The fraction of sp³-hybridized carbons (Fsp3) is 0.429. The minimum absolute atomic E-state index is 0.0672. The van der Waals surface area contributed by atoms with E-state index in [0.29, 0.717) is 17.8 Å². The minimum atomic E-state index is -0.0672. The summed E-state index contributed by atoms with van der Waals surface area (Å²) in [6.45, 7) is 0. The molecule has 4 rings (SSSR count). The van der Waals surface area contributed by atoms with Gasteiger partial charge >= 0.3 is 0 Å². The highest BCUT2D eigenvalue weighted by Crippen LogP contribution is 2.28. The summed E-state index contributed by atoms with van der Waals surface area (Å²) in [5.41, 5.74) is 1.45. The first-order valence-electron chi connectivity index (χ1n) is 6.79. The van der Waals surface area contributed by atoms with Gasteiger partial charge in [0.2, 0.25) is 0 Å². The molecule has 4 heterocycles. The summed E-state index contributed by atoms with van der Waals surface area (Å²) in [5.74, 6) is -0.0672. The second-order valence-corrected chi connectivity index (χ2v) is 5.50. The number of hydrogen-bond acceptors (Lipinski definition) is 3. The maximum Gasteiger partial charge on any atom is 0.270 e. The molecule has 2 fully saturated rings. The highest BCUT2D eigenvalue weighted by atomic mass is 16.2. The second kappa shape index (κ2) is 4.06. The van der Waals surface area contributed by atoms with Crippen LogP contribution in [-0.2, 0) is 0 Å². The van der Waals surface area contributed by atoms with Gasteiger partial charge in [-0.1, -0.05) is 0 Å². The van der Waals surface area contributed by atoms with Crippen molar-refractivity contribution in [3.05, 3.63) is 30.2 Å². The summed E-state index contributed by atoms with van der Waals surface area (Å²) in [4.78, 5) is 19.5. The normalized spacial score (nSPS) is 28.9. The number of nitrogens with one attached hydrogen (secondary N) is 3. The van der Waals surface area contributed by atoms with E-state index in [1.807, 2.05) is 18.3 Å². The third kappa shape index (κ3) is 1.81. The van der Waals surface area contributed by atoms with Crippen molar-refractivity contribution in [1.82, 2.24) is 20.6 Å². The van der Waals surface area contributed by atoms with Crippen LogP contribution in [0.15, 0.2) is 24.5 Å².